The van der Waals surface area contributed by atoms with E-state index in [0.717, 1.165) is 29.3 Å². The van der Waals surface area contributed by atoms with Gasteiger partial charge in [0.05, 0.1) is 11.7 Å². The van der Waals surface area contributed by atoms with Gasteiger partial charge in [-0.1, -0.05) is 32.1 Å². The number of carbonyl (C=O) groups is 1. The molecule has 1 aromatic carbocycles. The van der Waals surface area contributed by atoms with E-state index in [1.165, 1.54) is 32.1 Å². The van der Waals surface area contributed by atoms with Gasteiger partial charge in [0, 0.05) is 17.0 Å². The van der Waals surface area contributed by atoms with Gasteiger partial charge < -0.3 is 5.32 Å². The molecule has 20 heavy (non-hydrogen) atoms. The molecule has 1 fully saturated rings. The normalized spacial score (nSPS) is 17.6. The number of hydrogen-bond donors (Lipinski definition) is 2. The molecule has 1 aromatic heterocycles. The van der Waals surface area contributed by atoms with E-state index in [2.05, 4.69) is 15.5 Å². The van der Waals surface area contributed by atoms with Gasteiger partial charge in [0.2, 0.25) is 0 Å². The number of H-pyrrole nitrogens is 1. The van der Waals surface area contributed by atoms with Crippen LogP contribution in [0.15, 0.2) is 24.4 Å². The van der Waals surface area contributed by atoms with Crippen molar-refractivity contribution in [1.29, 1.82) is 0 Å². The molecule has 2 aromatic rings. The average Bonchev–Trinajstić information content (AvgIpc) is 2.88. The number of nitrogens with one attached hydrogen (secondary N) is 2. The fourth-order valence-electron chi connectivity index (χ4n) is 2.95. The zero-order chi connectivity index (χ0) is 13.8. The van der Waals surface area contributed by atoms with E-state index < -0.39 is 0 Å². The summed E-state index contributed by atoms with van der Waals surface area (Å²) in [6, 6.07) is 6.01. The molecule has 3 rings (SSSR count). The fraction of sp³-hybridized carbons (Fsp3) is 0.500. The van der Waals surface area contributed by atoms with Crippen molar-refractivity contribution in [2.75, 3.05) is 0 Å². The molecule has 1 amide bonds. The van der Waals surface area contributed by atoms with Gasteiger partial charge in [-0.05, 0) is 31.0 Å². The van der Waals surface area contributed by atoms with Gasteiger partial charge >= 0.3 is 0 Å². The molecule has 1 saturated carbocycles. The summed E-state index contributed by atoms with van der Waals surface area (Å²) in [6.45, 7) is 0. The first-order valence-electron chi connectivity index (χ1n) is 7.57. The molecule has 1 aliphatic carbocycles. The largest absolute Gasteiger partial charge is 0.349 e. The Kier molecular flexibility index (Phi) is 4.00. The maximum Gasteiger partial charge on any atom is 0.251 e. The molecule has 4 heteroatoms. The van der Waals surface area contributed by atoms with Crippen molar-refractivity contribution in [1.82, 2.24) is 15.5 Å². The van der Waals surface area contributed by atoms with E-state index in [-0.39, 0.29) is 5.91 Å². The highest BCUT2D eigenvalue weighted by Gasteiger charge is 2.15. The predicted molar refractivity (Wildman–Crippen MR) is 79.7 cm³/mol. The van der Waals surface area contributed by atoms with Crippen molar-refractivity contribution in [2.45, 2.75) is 51.0 Å². The van der Waals surface area contributed by atoms with Gasteiger partial charge in [0.1, 0.15) is 0 Å². The Morgan fingerprint density at radius 1 is 1.15 bits per heavy atom. The van der Waals surface area contributed by atoms with Crippen molar-refractivity contribution < 1.29 is 4.79 Å². The van der Waals surface area contributed by atoms with Crippen LogP contribution in [0.25, 0.3) is 10.9 Å². The van der Waals surface area contributed by atoms with Gasteiger partial charge in [-0.2, -0.15) is 5.10 Å². The zero-order valence-corrected chi connectivity index (χ0v) is 11.7. The monoisotopic (exact) mass is 271 g/mol. The average molecular weight is 271 g/mol. The van der Waals surface area contributed by atoms with Crippen LogP contribution in [-0.2, 0) is 0 Å². The Hall–Kier alpha value is -1.84. The molecule has 0 atom stereocenters. The van der Waals surface area contributed by atoms with E-state index in [4.69, 9.17) is 0 Å². The number of benzene rings is 1. The fourth-order valence-corrected chi connectivity index (χ4v) is 2.95. The molecule has 0 aliphatic heterocycles. The minimum absolute atomic E-state index is 0.0404. The lowest BCUT2D eigenvalue weighted by Crippen LogP contribution is -2.35. The van der Waals surface area contributed by atoms with Crippen molar-refractivity contribution in [3.63, 3.8) is 0 Å². The van der Waals surface area contributed by atoms with Crippen LogP contribution in [0, 0.1) is 0 Å². The number of aromatic amines is 1. The summed E-state index contributed by atoms with van der Waals surface area (Å²) in [4.78, 5) is 12.3. The lowest BCUT2D eigenvalue weighted by molar-refractivity contribution is 0.0930. The van der Waals surface area contributed by atoms with E-state index in [1.54, 1.807) is 6.20 Å². The maximum atomic E-state index is 12.3. The molecule has 2 N–H and O–H groups in total. The number of nitrogens with zero attached hydrogens (tertiary/aromatic N) is 1. The molecule has 106 valence electrons. The van der Waals surface area contributed by atoms with Crippen molar-refractivity contribution >= 4 is 16.8 Å². The highest BCUT2D eigenvalue weighted by molar-refractivity contribution is 5.97. The Balaban J connectivity index is 1.67. The van der Waals surface area contributed by atoms with Gasteiger partial charge in [-0.25, -0.2) is 0 Å². The van der Waals surface area contributed by atoms with E-state index in [0.29, 0.717) is 6.04 Å². The minimum Gasteiger partial charge on any atom is -0.349 e. The van der Waals surface area contributed by atoms with Crippen LogP contribution in [0.5, 0.6) is 0 Å². The summed E-state index contributed by atoms with van der Waals surface area (Å²) < 4.78 is 0. The maximum absolute atomic E-state index is 12.3. The summed E-state index contributed by atoms with van der Waals surface area (Å²) in [5.41, 5.74) is 1.69. The van der Waals surface area contributed by atoms with E-state index >= 15 is 0 Å². The van der Waals surface area contributed by atoms with E-state index in [9.17, 15) is 4.79 Å². The molecule has 0 bridgehead atoms. The lowest BCUT2D eigenvalue weighted by Gasteiger charge is -2.21. The van der Waals surface area contributed by atoms with Gasteiger partial charge in [-0.15, -0.1) is 0 Å². The van der Waals surface area contributed by atoms with Gasteiger partial charge in [0.25, 0.3) is 5.91 Å². The standard InChI is InChI=1S/C16H21N3O/c20-16(18-14-6-4-2-1-3-5-7-14)12-8-9-15-13(10-12)11-17-19-15/h8-11,14H,1-7H2,(H,17,19)(H,18,20). The van der Waals surface area contributed by atoms with Gasteiger partial charge in [0.15, 0.2) is 0 Å². The molecule has 0 saturated heterocycles. The molecule has 0 radical (unpaired) electrons. The van der Waals surface area contributed by atoms with Crippen LogP contribution in [-0.4, -0.2) is 22.1 Å². The SMILES string of the molecule is O=C(NC1CCCCCCC1)c1ccc2[nH]ncc2c1. The number of amides is 1. The number of fused-ring (bicyclic) bond motifs is 1. The van der Waals surface area contributed by atoms with Crippen molar-refractivity contribution in [3.05, 3.63) is 30.0 Å². The molecule has 1 aliphatic rings. The zero-order valence-electron chi connectivity index (χ0n) is 11.7. The number of rotatable bonds is 2. The smallest absolute Gasteiger partial charge is 0.251 e. The summed E-state index contributed by atoms with van der Waals surface area (Å²) in [5.74, 6) is 0.0404. The summed E-state index contributed by atoms with van der Waals surface area (Å²) in [5, 5.41) is 11.1. The highest BCUT2D eigenvalue weighted by atomic mass is 16.1. The topological polar surface area (TPSA) is 57.8 Å². The molecule has 0 spiro atoms. The first-order valence-corrected chi connectivity index (χ1v) is 7.57. The van der Waals surface area contributed by atoms with Crippen molar-refractivity contribution in [3.8, 4) is 0 Å². The van der Waals surface area contributed by atoms with Crippen LogP contribution >= 0.6 is 0 Å². The van der Waals surface area contributed by atoms with Crippen molar-refractivity contribution in [2.24, 2.45) is 0 Å². The third-order valence-corrected chi connectivity index (χ3v) is 4.14. The number of carbonyl (C=O) groups excluding carboxylic acids is 1. The minimum atomic E-state index is 0.0404. The van der Waals surface area contributed by atoms with Gasteiger partial charge in [-0.3, -0.25) is 9.89 Å². The predicted octanol–water partition coefficient (Wildman–Crippen LogP) is 3.41. The Morgan fingerprint density at radius 3 is 2.70 bits per heavy atom. The second-order valence-corrected chi connectivity index (χ2v) is 5.69. The van der Waals surface area contributed by atoms with Crippen LogP contribution < -0.4 is 5.32 Å². The lowest BCUT2D eigenvalue weighted by atomic mass is 9.96. The van der Waals surface area contributed by atoms with Crippen LogP contribution in [0.4, 0.5) is 0 Å². The molecule has 0 unspecified atom stereocenters. The molecular formula is C16H21N3O. The summed E-state index contributed by atoms with van der Waals surface area (Å²) in [6.07, 6.45) is 10.4. The number of aromatic nitrogens is 2. The molecular weight excluding hydrogens is 250 g/mol. The van der Waals surface area contributed by atoms with Crippen LogP contribution in [0.3, 0.4) is 0 Å². The first-order chi connectivity index (χ1) is 9.83. The Morgan fingerprint density at radius 2 is 1.90 bits per heavy atom. The van der Waals surface area contributed by atoms with E-state index in [1.807, 2.05) is 18.2 Å². The first kappa shape index (κ1) is 13.2. The second-order valence-electron chi connectivity index (χ2n) is 5.69. The second kappa shape index (κ2) is 6.07. The Labute approximate surface area is 119 Å². The summed E-state index contributed by atoms with van der Waals surface area (Å²) >= 11 is 0. The molecule has 1 heterocycles. The molecule has 4 nitrogen and oxygen atoms in total. The Bertz CT molecular complexity index is 582. The third-order valence-electron chi connectivity index (χ3n) is 4.14. The quantitative estimate of drug-likeness (QED) is 0.879. The third kappa shape index (κ3) is 3.00. The van der Waals surface area contributed by atoms with Crippen LogP contribution in [0.1, 0.15) is 55.3 Å². The highest BCUT2D eigenvalue weighted by Crippen LogP contribution is 2.18. The summed E-state index contributed by atoms with van der Waals surface area (Å²) in [7, 11) is 0. The van der Waals surface area contributed by atoms with Crippen LogP contribution in [0.2, 0.25) is 0 Å². The number of hydrogen-bond acceptors (Lipinski definition) is 2.